The summed E-state index contributed by atoms with van der Waals surface area (Å²) in [5.41, 5.74) is -0.0490. The molecule has 1 aromatic carbocycles. The highest BCUT2D eigenvalue weighted by molar-refractivity contribution is 6.33. The summed E-state index contributed by atoms with van der Waals surface area (Å²) in [5.74, 6) is 0.884. The standard InChI is InChI=1S/C20H23ClFN5O/c21-15-5-4-6-16(22)19(15)20(28)27-11-9-26(10-12-27)18-13-17(23-14-24-18)25-7-2-1-3-8-25/h4-6,13-14H,1-3,7-12H2. The van der Waals surface area contributed by atoms with Crippen LogP contribution in [0.15, 0.2) is 30.6 Å². The number of piperazine rings is 1. The first-order valence-corrected chi connectivity index (χ1v) is 10.1. The van der Waals surface area contributed by atoms with E-state index in [4.69, 9.17) is 11.6 Å². The van der Waals surface area contributed by atoms with Gasteiger partial charge in [0.1, 0.15) is 23.8 Å². The minimum atomic E-state index is -0.582. The number of carbonyl (C=O) groups is 1. The molecule has 2 aromatic rings. The van der Waals surface area contributed by atoms with Gasteiger partial charge in [0.05, 0.1) is 10.6 Å². The van der Waals surface area contributed by atoms with Crippen molar-refractivity contribution in [2.45, 2.75) is 19.3 Å². The lowest BCUT2D eigenvalue weighted by atomic mass is 10.1. The van der Waals surface area contributed by atoms with Crippen LogP contribution in [0.3, 0.4) is 0 Å². The molecule has 0 saturated carbocycles. The van der Waals surface area contributed by atoms with Crippen molar-refractivity contribution in [2.24, 2.45) is 0 Å². The Labute approximate surface area is 168 Å². The van der Waals surface area contributed by atoms with Gasteiger partial charge in [-0.3, -0.25) is 4.79 Å². The van der Waals surface area contributed by atoms with Gasteiger partial charge in [-0.2, -0.15) is 0 Å². The molecule has 6 nitrogen and oxygen atoms in total. The first-order chi connectivity index (χ1) is 13.6. The molecular formula is C20H23ClFN5O. The van der Waals surface area contributed by atoms with Gasteiger partial charge in [0.15, 0.2) is 0 Å². The second-order valence-electron chi connectivity index (χ2n) is 7.16. The number of halogens is 2. The summed E-state index contributed by atoms with van der Waals surface area (Å²) >= 11 is 6.04. The maximum atomic E-state index is 14.1. The number of aromatic nitrogens is 2. The summed E-state index contributed by atoms with van der Waals surface area (Å²) in [4.78, 5) is 27.6. The fourth-order valence-corrected chi connectivity index (χ4v) is 4.05. The quantitative estimate of drug-likeness (QED) is 0.787. The predicted molar refractivity (Wildman–Crippen MR) is 108 cm³/mol. The molecule has 2 aliphatic rings. The Morgan fingerprint density at radius 2 is 1.57 bits per heavy atom. The summed E-state index contributed by atoms with van der Waals surface area (Å²) in [7, 11) is 0. The number of piperidine rings is 1. The highest BCUT2D eigenvalue weighted by Crippen LogP contribution is 2.24. The van der Waals surface area contributed by atoms with Gasteiger partial charge in [0, 0.05) is 45.3 Å². The molecule has 148 valence electrons. The summed E-state index contributed by atoms with van der Waals surface area (Å²) in [6.07, 6.45) is 5.27. The molecule has 0 aliphatic carbocycles. The SMILES string of the molecule is O=C(c1c(F)cccc1Cl)N1CCN(c2cc(N3CCCCC3)ncn2)CC1. The first kappa shape index (κ1) is 18.9. The zero-order chi connectivity index (χ0) is 19.5. The minimum Gasteiger partial charge on any atom is -0.356 e. The topological polar surface area (TPSA) is 52.6 Å². The Morgan fingerprint density at radius 3 is 2.21 bits per heavy atom. The number of hydrogen-bond acceptors (Lipinski definition) is 5. The number of carbonyl (C=O) groups excluding carboxylic acids is 1. The molecule has 4 rings (SSSR count). The van der Waals surface area contributed by atoms with Crippen molar-refractivity contribution in [3.05, 3.63) is 47.0 Å². The second-order valence-corrected chi connectivity index (χ2v) is 7.57. The van der Waals surface area contributed by atoms with Crippen LogP contribution in [0.4, 0.5) is 16.0 Å². The van der Waals surface area contributed by atoms with Crippen molar-refractivity contribution in [1.29, 1.82) is 0 Å². The molecule has 3 heterocycles. The van der Waals surface area contributed by atoms with Gasteiger partial charge in [0.2, 0.25) is 0 Å². The molecule has 2 saturated heterocycles. The van der Waals surface area contributed by atoms with Crippen molar-refractivity contribution in [2.75, 3.05) is 49.1 Å². The summed E-state index contributed by atoms with van der Waals surface area (Å²) in [5, 5.41) is 0.148. The van der Waals surface area contributed by atoms with Crippen molar-refractivity contribution in [1.82, 2.24) is 14.9 Å². The smallest absolute Gasteiger partial charge is 0.258 e. The lowest BCUT2D eigenvalue weighted by Crippen LogP contribution is -2.49. The number of amides is 1. The van der Waals surface area contributed by atoms with Crippen molar-refractivity contribution >= 4 is 29.1 Å². The third kappa shape index (κ3) is 3.90. The molecule has 0 unspecified atom stereocenters. The van der Waals surface area contributed by atoms with E-state index >= 15 is 0 Å². The lowest BCUT2D eigenvalue weighted by Gasteiger charge is -2.36. The maximum absolute atomic E-state index is 14.1. The monoisotopic (exact) mass is 403 g/mol. The molecule has 0 radical (unpaired) electrons. The number of benzene rings is 1. The third-order valence-electron chi connectivity index (χ3n) is 5.39. The van der Waals surface area contributed by atoms with E-state index in [0.29, 0.717) is 26.2 Å². The molecule has 1 amide bonds. The molecule has 28 heavy (non-hydrogen) atoms. The number of nitrogens with zero attached hydrogens (tertiary/aromatic N) is 5. The molecule has 0 bridgehead atoms. The van der Waals surface area contributed by atoms with Crippen LogP contribution in [-0.4, -0.2) is 60.0 Å². The summed E-state index contributed by atoms with van der Waals surface area (Å²) in [6.45, 7) is 4.31. The number of hydrogen-bond donors (Lipinski definition) is 0. The van der Waals surface area contributed by atoms with Gasteiger partial charge in [-0.15, -0.1) is 0 Å². The van der Waals surface area contributed by atoms with E-state index in [0.717, 1.165) is 24.7 Å². The fourth-order valence-electron chi connectivity index (χ4n) is 3.80. The van der Waals surface area contributed by atoms with Crippen LogP contribution in [0.1, 0.15) is 29.6 Å². The van der Waals surface area contributed by atoms with Crippen molar-refractivity contribution in [3.8, 4) is 0 Å². The van der Waals surface area contributed by atoms with E-state index in [-0.39, 0.29) is 16.5 Å². The average Bonchev–Trinajstić information content (AvgIpc) is 2.74. The maximum Gasteiger partial charge on any atom is 0.258 e. The van der Waals surface area contributed by atoms with Crippen LogP contribution in [-0.2, 0) is 0 Å². The van der Waals surface area contributed by atoms with Gasteiger partial charge in [-0.25, -0.2) is 14.4 Å². The Balaban J connectivity index is 1.42. The molecule has 2 fully saturated rings. The van der Waals surface area contributed by atoms with Gasteiger partial charge < -0.3 is 14.7 Å². The zero-order valence-corrected chi connectivity index (χ0v) is 16.4. The molecular weight excluding hydrogens is 381 g/mol. The van der Waals surface area contributed by atoms with Crippen LogP contribution in [0, 0.1) is 5.82 Å². The number of rotatable bonds is 3. The third-order valence-corrected chi connectivity index (χ3v) is 5.70. The van der Waals surface area contributed by atoms with E-state index in [9.17, 15) is 9.18 Å². The normalized spacial score (nSPS) is 17.7. The Morgan fingerprint density at radius 1 is 0.929 bits per heavy atom. The van der Waals surface area contributed by atoms with Crippen molar-refractivity contribution < 1.29 is 9.18 Å². The fraction of sp³-hybridized carbons (Fsp3) is 0.450. The molecule has 0 spiro atoms. The van der Waals surface area contributed by atoms with Crippen LogP contribution >= 0.6 is 11.6 Å². The zero-order valence-electron chi connectivity index (χ0n) is 15.7. The molecule has 0 atom stereocenters. The van der Waals surface area contributed by atoms with Gasteiger partial charge in [0.25, 0.3) is 5.91 Å². The van der Waals surface area contributed by atoms with E-state index < -0.39 is 5.82 Å². The molecule has 1 aromatic heterocycles. The first-order valence-electron chi connectivity index (χ1n) is 9.69. The largest absolute Gasteiger partial charge is 0.356 e. The van der Waals surface area contributed by atoms with Gasteiger partial charge in [-0.1, -0.05) is 17.7 Å². The second kappa shape index (κ2) is 8.31. The Hall–Kier alpha value is -2.41. The highest BCUT2D eigenvalue weighted by atomic mass is 35.5. The molecule has 8 heteroatoms. The Kier molecular flexibility index (Phi) is 5.62. The highest BCUT2D eigenvalue weighted by Gasteiger charge is 2.26. The Bertz CT molecular complexity index is 830. The summed E-state index contributed by atoms with van der Waals surface area (Å²) in [6, 6.07) is 6.33. The predicted octanol–water partition coefficient (Wildman–Crippen LogP) is 3.22. The number of anilines is 2. The van der Waals surface area contributed by atoms with Gasteiger partial charge >= 0.3 is 0 Å². The summed E-state index contributed by atoms with van der Waals surface area (Å²) < 4.78 is 14.1. The molecule has 2 aliphatic heterocycles. The van der Waals surface area contributed by atoms with E-state index in [2.05, 4.69) is 19.8 Å². The van der Waals surface area contributed by atoms with Crippen LogP contribution < -0.4 is 9.80 Å². The minimum absolute atomic E-state index is 0.0490. The van der Waals surface area contributed by atoms with Crippen LogP contribution in [0.25, 0.3) is 0 Å². The molecule has 0 N–H and O–H groups in total. The van der Waals surface area contributed by atoms with Crippen molar-refractivity contribution in [3.63, 3.8) is 0 Å². The van der Waals surface area contributed by atoms with E-state index in [1.54, 1.807) is 11.2 Å². The van der Waals surface area contributed by atoms with E-state index in [1.165, 1.54) is 37.5 Å². The average molecular weight is 404 g/mol. The lowest BCUT2D eigenvalue weighted by molar-refractivity contribution is 0.0742. The van der Waals surface area contributed by atoms with Crippen LogP contribution in [0.2, 0.25) is 5.02 Å². The van der Waals surface area contributed by atoms with Crippen LogP contribution in [0.5, 0.6) is 0 Å². The van der Waals surface area contributed by atoms with Gasteiger partial charge in [-0.05, 0) is 31.4 Å². The van der Waals surface area contributed by atoms with E-state index in [1.807, 2.05) is 6.07 Å².